The van der Waals surface area contributed by atoms with Crippen LogP contribution in [-0.2, 0) is 4.79 Å². The molecule has 1 heterocycles. The van der Waals surface area contributed by atoms with Crippen LogP contribution in [-0.4, -0.2) is 48.9 Å². The highest BCUT2D eigenvalue weighted by molar-refractivity contribution is 6.33. The first-order valence-electron chi connectivity index (χ1n) is 9.30. The zero-order valence-corrected chi connectivity index (χ0v) is 16.5. The highest BCUT2D eigenvalue weighted by Crippen LogP contribution is 2.18. The summed E-state index contributed by atoms with van der Waals surface area (Å²) in [5.41, 5.74) is 1.29. The van der Waals surface area contributed by atoms with Crippen molar-refractivity contribution in [3.63, 3.8) is 0 Å². The molecule has 148 valence electrons. The summed E-state index contributed by atoms with van der Waals surface area (Å²) < 4.78 is 13.1. The molecule has 1 N–H and O–H groups in total. The summed E-state index contributed by atoms with van der Waals surface area (Å²) in [6, 6.07) is 12.5. The first kappa shape index (κ1) is 20.1. The van der Waals surface area contributed by atoms with Gasteiger partial charge < -0.3 is 15.1 Å². The molecule has 0 bridgehead atoms. The van der Waals surface area contributed by atoms with E-state index in [1.54, 1.807) is 48.2 Å². The third kappa shape index (κ3) is 4.81. The van der Waals surface area contributed by atoms with Crippen LogP contribution in [0.5, 0.6) is 0 Å². The summed E-state index contributed by atoms with van der Waals surface area (Å²) in [6.07, 6.45) is 0.800. The number of rotatable bonds is 4. The van der Waals surface area contributed by atoms with E-state index in [1.165, 1.54) is 12.1 Å². The lowest BCUT2D eigenvalue weighted by Crippen LogP contribution is -2.48. The Kier molecular flexibility index (Phi) is 6.52. The number of hydrogen-bond donors (Lipinski definition) is 1. The summed E-state index contributed by atoms with van der Waals surface area (Å²) in [4.78, 5) is 29.1. The monoisotopic (exact) mass is 403 g/mol. The molecule has 0 radical (unpaired) electrons. The Hall–Kier alpha value is -2.60. The molecule has 3 rings (SSSR count). The molecule has 28 heavy (non-hydrogen) atoms. The van der Waals surface area contributed by atoms with E-state index in [0.29, 0.717) is 30.2 Å². The third-order valence-electron chi connectivity index (χ3n) is 4.84. The van der Waals surface area contributed by atoms with Gasteiger partial charge in [0.05, 0.1) is 10.6 Å². The Labute approximate surface area is 169 Å². The van der Waals surface area contributed by atoms with Crippen molar-refractivity contribution in [2.75, 3.05) is 31.1 Å². The van der Waals surface area contributed by atoms with E-state index in [0.717, 1.165) is 18.7 Å². The summed E-state index contributed by atoms with van der Waals surface area (Å²) in [5, 5.41) is 3.09. The molecule has 5 nitrogen and oxygen atoms in total. The minimum atomic E-state index is -0.652. The van der Waals surface area contributed by atoms with Crippen molar-refractivity contribution >= 4 is 29.1 Å². The van der Waals surface area contributed by atoms with Crippen LogP contribution >= 0.6 is 11.6 Å². The normalized spacial score (nSPS) is 15.7. The van der Waals surface area contributed by atoms with Crippen LogP contribution in [0, 0.1) is 5.82 Å². The maximum atomic E-state index is 13.1. The van der Waals surface area contributed by atoms with Gasteiger partial charge in [-0.05, 0) is 49.7 Å². The second-order valence-electron chi connectivity index (χ2n) is 6.82. The van der Waals surface area contributed by atoms with Gasteiger partial charge in [-0.15, -0.1) is 0 Å². The Morgan fingerprint density at radius 2 is 1.75 bits per heavy atom. The fourth-order valence-corrected chi connectivity index (χ4v) is 3.52. The van der Waals surface area contributed by atoms with Crippen molar-refractivity contribution in [1.29, 1.82) is 0 Å². The van der Waals surface area contributed by atoms with Crippen LogP contribution in [0.25, 0.3) is 0 Å². The average Bonchev–Trinajstić information content (AvgIpc) is 2.94. The van der Waals surface area contributed by atoms with Gasteiger partial charge in [-0.25, -0.2) is 4.39 Å². The minimum absolute atomic E-state index is 0.124. The molecule has 7 heteroatoms. The molecule has 1 aliphatic rings. The number of carbonyl (C=O) groups excluding carboxylic acids is 2. The molecule has 2 amide bonds. The van der Waals surface area contributed by atoms with E-state index in [4.69, 9.17) is 11.6 Å². The van der Waals surface area contributed by atoms with Crippen molar-refractivity contribution in [2.45, 2.75) is 19.4 Å². The van der Waals surface area contributed by atoms with Gasteiger partial charge >= 0.3 is 0 Å². The highest BCUT2D eigenvalue weighted by Gasteiger charge is 2.25. The summed E-state index contributed by atoms with van der Waals surface area (Å²) in [5.74, 6) is -0.756. The van der Waals surface area contributed by atoms with Gasteiger partial charge in [-0.2, -0.15) is 0 Å². The van der Waals surface area contributed by atoms with Crippen molar-refractivity contribution in [3.8, 4) is 0 Å². The molecule has 0 saturated carbocycles. The summed E-state index contributed by atoms with van der Waals surface area (Å²) >= 11 is 6.05. The molecule has 1 atom stereocenters. The number of benzene rings is 2. The lowest BCUT2D eigenvalue weighted by Gasteiger charge is -2.26. The van der Waals surface area contributed by atoms with Crippen LogP contribution < -0.4 is 10.2 Å². The molecular weight excluding hydrogens is 381 g/mol. The van der Waals surface area contributed by atoms with Crippen molar-refractivity contribution < 1.29 is 14.0 Å². The Morgan fingerprint density at radius 3 is 2.46 bits per heavy atom. The van der Waals surface area contributed by atoms with Crippen LogP contribution in [0.4, 0.5) is 10.1 Å². The van der Waals surface area contributed by atoms with Gasteiger partial charge in [0, 0.05) is 31.9 Å². The first-order valence-corrected chi connectivity index (χ1v) is 9.68. The summed E-state index contributed by atoms with van der Waals surface area (Å²) in [7, 11) is 0. The number of halogens is 2. The van der Waals surface area contributed by atoms with Gasteiger partial charge in [0.15, 0.2) is 0 Å². The molecule has 1 saturated heterocycles. The van der Waals surface area contributed by atoms with E-state index in [9.17, 15) is 14.0 Å². The van der Waals surface area contributed by atoms with Crippen LogP contribution in [0.2, 0.25) is 5.02 Å². The molecule has 1 aliphatic heterocycles. The molecular formula is C21H23ClFN3O2. The number of nitrogens with zero attached hydrogens (tertiary/aromatic N) is 2. The lowest BCUT2D eigenvalue weighted by molar-refractivity contribution is -0.132. The molecule has 0 spiro atoms. The standard InChI is InChI=1S/C21H23ClFN3O2/c1-15(24-20(27)18-5-2-3-6-19(18)22)21(28)26-12-4-11-25(13-14-26)17-9-7-16(23)8-10-17/h2-3,5-10,15H,4,11-14H2,1H3,(H,24,27). The van der Waals surface area contributed by atoms with E-state index < -0.39 is 6.04 Å². The van der Waals surface area contributed by atoms with E-state index in [-0.39, 0.29) is 17.6 Å². The van der Waals surface area contributed by atoms with Gasteiger partial charge in [0.1, 0.15) is 11.9 Å². The van der Waals surface area contributed by atoms with E-state index in [2.05, 4.69) is 10.2 Å². The first-order chi connectivity index (χ1) is 13.5. The van der Waals surface area contributed by atoms with Crippen LogP contribution in [0.15, 0.2) is 48.5 Å². The lowest BCUT2D eigenvalue weighted by atomic mass is 10.2. The van der Waals surface area contributed by atoms with Gasteiger partial charge in [-0.3, -0.25) is 9.59 Å². The van der Waals surface area contributed by atoms with Crippen molar-refractivity contribution in [2.24, 2.45) is 0 Å². The number of carbonyl (C=O) groups is 2. The van der Waals surface area contributed by atoms with Crippen LogP contribution in [0.1, 0.15) is 23.7 Å². The van der Waals surface area contributed by atoms with E-state index in [1.807, 2.05) is 0 Å². The predicted molar refractivity (Wildman–Crippen MR) is 108 cm³/mol. The third-order valence-corrected chi connectivity index (χ3v) is 5.17. The zero-order valence-electron chi connectivity index (χ0n) is 15.7. The smallest absolute Gasteiger partial charge is 0.253 e. The second kappa shape index (κ2) is 9.06. The van der Waals surface area contributed by atoms with Gasteiger partial charge in [0.25, 0.3) is 5.91 Å². The molecule has 2 aromatic rings. The molecule has 2 aromatic carbocycles. The topological polar surface area (TPSA) is 52.7 Å². The van der Waals surface area contributed by atoms with E-state index >= 15 is 0 Å². The number of anilines is 1. The number of hydrogen-bond acceptors (Lipinski definition) is 3. The SMILES string of the molecule is CC(NC(=O)c1ccccc1Cl)C(=O)N1CCCN(c2ccc(F)cc2)CC1. The molecule has 0 aliphatic carbocycles. The second-order valence-corrected chi connectivity index (χ2v) is 7.22. The Bertz CT molecular complexity index is 844. The van der Waals surface area contributed by atoms with Crippen molar-refractivity contribution in [3.05, 3.63) is 64.9 Å². The molecule has 1 unspecified atom stereocenters. The Balaban J connectivity index is 1.58. The van der Waals surface area contributed by atoms with Crippen molar-refractivity contribution in [1.82, 2.24) is 10.2 Å². The quantitative estimate of drug-likeness (QED) is 0.851. The maximum absolute atomic E-state index is 13.1. The average molecular weight is 404 g/mol. The number of nitrogens with one attached hydrogen (secondary N) is 1. The Morgan fingerprint density at radius 1 is 1.04 bits per heavy atom. The summed E-state index contributed by atoms with van der Waals surface area (Å²) in [6.45, 7) is 4.28. The molecule has 0 aromatic heterocycles. The maximum Gasteiger partial charge on any atom is 0.253 e. The zero-order chi connectivity index (χ0) is 20.1. The van der Waals surface area contributed by atoms with Gasteiger partial charge in [0.2, 0.25) is 5.91 Å². The van der Waals surface area contributed by atoms with Crippen LogP contribution in [0.3, 0.4) is 0 Å². The largest absolute Gasteiger partial charge is 0.370 e. The number of amides is 2. The highest BCUT2D eigenvalue weighted by atomic mass is 35.5. The fraction of sp³-hybridized carbons (Fsp3) is 0.333. The molecule has 1 fully saturated rings. The predicted octanol–water partition coefficient (Wildman–Crippen LogP) is 3.34. The minimum Gasteiger partial charge on any atom is -0.370 e. The fourth-order valence-electron chi connectivity index (χ4n) is 3.30. The van der Waals surface area contributed by atoms with Gasteiger partial charge in [-0.1, -0.05) is 23.7 Å².